The lowest BCUT2D eigenvalue weighted by Crippen LogP contribution is -2.27. The zero-order chi connectivity index (χ0) is 20.9. The van der Waals surface area contributed by atoms with Crippen molar-refractivity contribution >= 4 is 52.1 Å². The van der Waals surface area contributed by atoms with Crippen LogP contribution in [0.3, 0.4) is 0 Å². The van der Waals surface area contributed by atoms with Crippen molar-refractivity contribution in [3.63, 3.8) is 0 Å². The molecule has 6 nitrogen and oxygen atoms in total. The summed E-state index contributed by atoms with van der Waals surface area (Å²) in [6.45, 7) is 5.12. The van der Waals surface area contributed by atoms with Crippen LogP contribution >= 0.6 is 22.9 Å². The summed E-state index contributed by atoms with van der Waals surface area (Å²) in [5.74, 6) is -1.29. The molecule has 2 aromatic rings. The molecule has 2 amide bonds. The van der Waals surface area contributed by atoms with Crippen LogP contribution in [0.15, 0.2) is 30.3 Å². The number of carbonyl (C=O) groups is 3. The van der Waals surface area contributed by atoms with Crippen molar-refractivity contribution in [2.75, 3.05) is 10.6 Å². The van der Waals surface area contributed by atoms with E-state index in [9.17, 15) is 18.8 Å². The number of ketones is 1. The first kappa shape index (κ1) is 21.8. The van der Waals surface area contributed by atoms with Gasteiger partial charge in [-0.2, -0.15) is 0 Å². The fourth-order valence-corrected chi connectivity index (χ4v) is 3.18. The summed E-state index contributed by atoms with van der Waals surface area (Å²) in [7, 11) is 0. The molecule has 28 heavy (non-hydrogen) atoms. The lowest BCUT2D eigenvalue weighted by atomic mass is 10.2. The summed E-state index contributed by atoms with van der Waals surface area (Å²) >= 11 is 6.94. The number of rotatable bonds is 6. The van der Waals surface area contributed by atoms with Crippen molar-refractivity contribution in [3.8, 4) is 0 Å². The molecule has 0 saturated carbocycles. The lowest BCUT2D eigenvalue weighted by molar-refractivity contribution is -0.116. The molecule has 0 aliphatic rings. The third kappa shape index (κ3) is 6.94. The third-order valence-electron chi connectivity index (χ3n) is 3.32. The molecule has 2 rings (SSSR count). The van der Waals surface area contributed by atoms with Gasteiger partial charge in [-0.15, -0.1) is 11.3 Å². The van der Waals surface area contributed by atoms with E-state index < -0.39 is 23.4 Å². The second-order valence-corrected chi connectivity index (χ2v) is 8.61. The molecule has 0 aliphatic heterocycles. The maximum atomic E-state index is 13.6. The number of amides is 2. The largest absolute Gasteiger partial charge is 0.444 e. The highest BCUT2D eigenvalue weighted by atomic mass is 35.5. The molecule has 1 aromatic carbocycles. The average molecular weight is 427 g/mol. The standard InChI is InChI=1S/C19H20ClFN2O4S/c1-19(2,3)27-18(26)23-12-5-4-11(21)10-13(12)22-17(25)9-6-14(24)15-7-8-16(20)28-15/h4-5,7-8,10H,6,9H2,1-3H3,(H,22,25)(H,23,26). The van der Waals surface area contributed by atoms with Gasteiger partial charge in [0.15, 0.2) is 5.78 Å². The van der Waals surface area contributed by atoms with Gasteiger partial charge in [-0.05, 0) is 51.1 Å². The lowest BCUT2D eigenvalue weighted by Gasteiger charge is -2.20. The molecule has 9 heteroatoms. The van der Waals surface area contributed by atoms with Crippen LogP contribution in [0.4, 0.5) is 20.6 Å². The summed E-state index contributed by atoms with van der Waals surface area (Å²) < 4.78 is 19.2. The topological polar surface area (TPSA) is 84.5 Å². The zero-order valence-corrected chi connectivity index (χ0v) is 17.2. The van der Waals surface area contributed by atoms with Gasteiger partial charge in [0.2, 0.25) is 5.91 Å². The second-order valence-electron chi connectivity index (χ2n) is 6.89. The quantitative estimate of drug-likeness (QED) is 0.598. The monoisotopic (exact) mass is 426 g/mol. The van der Waals surface area contributed by atoms with E-state index in [1.54, 1.807) is 32.9 Å². The Morgan fingerprint density at radius 3 is 2.39 bits per heavy atom. The van der Waals surface area contributed by atoms with Gasteiger partial charge in [-0.1, -0.05) is 11.6 Å². The Hall–Kier alpha value is -2.45. The first-order valence-corrected chi connectivity index (χ1v) is 9.61. The van der Waals surface area contributed by atoms with Crippen molar-refractivity contribution in [2.45, 2.75) is 39.2 Å². The summed E-state index contributed by atoms with van der Waals surface area (Å²) in [6, 6.07) is 6.75. The number of hydrogen-bond acceptors (Lipinski definition) is 5. The van der Waals surface area contributed by atoms with Crippen molar-refractivity contribution < 1.29 is 23.5 Å². The Labute approximate surface area is 171 Å². The minimum absolute atomic E-state index is 0.0210. The number of thiophene rings is 1. The molecule has 1 aromatic heterocycles. The Balaban J connectivity index is 2.00. The van der Waals surface area contributed by atoms with Crippen LogP contribution in [0.5, 0.6) is 0 Å². The minimum Gasteiger partial charge on any atom is -0.444 e. The molecule has 0 aliphatic carbocycles. The van der Waals surface area contributed by atoms with E-state index in [1.165, 1.54) is 6.07 Å². The highest BCUT2D eigenvalue weighted by Crippen LogP contribution is 2.25. The van der Waals surface area contributed by atoms with Crippen molar-refractivity contribution in [3.05, 3.63) is 45.4 Å². The number of hydrogen-bond donors (Lipinski definition) is 2. The van der Waals surface area contributed by atoms with Crippen LogP contribution in [0.1, 0.15) is 43.3 Å². The number of ether oxygens (including phenoxy) is 1. The number of carbonyl (C=O) groups excluding carboxylic acids is 3. The third-order valence-corrected chi connectivity index (χ3v) is 4.59. The Morgan fingerprint density at radius 2 is 1.79 bits per heavy atom. The van der Waals surface area contributed by atoms with Gasteiger partial charge in [0.1, 0.15) is 11.4 Å². The van der Waals surface area contributed by atoms with Gasteiger partial charge in [-0.25, -0.2) is 9.18 Å². The van der Waals surface area contributed by atoms with Gasteiger partial charge in [0.25, 0.3) is 0 Å². The van der Waals surface area contributed by atoms with E-state index in [0.29, 0.717) is 9.21 Å². The SMILES string of the molecule is CC(C)(C)OC(=O)Nc1ccc(F)cc1NC(=O)CCC(=O)c1ccc(Cl)s1. The maximum absolute atomic E-state index is 13.6. The minimum atomic E-state index is -0.737. The van der Waals surface area contributed by atoms with E-state index in [4.69, 9.17) is 16.3 Å². The molecule has 150 valence electrons. The van der Waals surface area contributed by atoms with Crippen LogP contribution in [-0.4, -0.2) is 23.4 Å². The van der Waals surface area contributed by atoms with Gasteiger partial charge in [0.05, 0.1) is 20.6 Å². The molecule has 0 radical (unpaired) electrons. The molecule has 0 bridgehead atoms. The molecule has 1 heterocycles. The van der Waals surface area contributed by atoms with Crippen molar-refractivity contribution in [1.29, 1.82) is 0 Å². The molecular weight excluding hydrogens is 407 g/mol. The van der Waals surface area contributed by atoms with Crippen LogP contribution in [0, 0.1) is 5.82 Å². The normalized spacial score (nSPS) is 11.0. The van der Waals surface area contributed by atoms with E-state index in [2.05, 4.69) is 10.6 Å². The number of halogens is 2. The number of Topliss-reactive ketones (excluding diaryl/α,β-unsaturated/α-hetero) is 1. The average Bonchev–Trinajstić information content (AvgIpc) is 3.00. The molecular formula is C19H20ClFN2O4S. The van der Waals surface area contributed by atoms with Gasteiger partial charge < -0.3 is 10.1 Å². The van der Waals surface area contributed by atoms with E-state index in [-0.39, 0.29) is 30.0 Å². The number of nitrogens with one attached hydrogen (secondary N) is 2. The Morgan fingerprint density at radius 1 is 1.07 bits per heavy atom. The smallest absolute Gasteiger partial charge is 0.412 e. The van der Waals surface area contributed by atoms with E-state index >= 15 is 0 Å². The van der Waals surface area contributed by atoms with Crippen LogP contribution < -0.4 is 10.6 Å². The highest BCUT2D eigenvalue weighted by molar-refractivity contribution is 7.18. The number of benzene rings is 1. The van der Waals surface area contributed by atoms with Gasteiger partial charge in [0, 0.05) is 12.8 Å². The molecule has 0 spiro atoms. The Bertz CT molecular complexity index is 892. The van der Waals surface area contributed by atoms with Crippen LogP contribution in [0.2, 0.25) is 4.34 Å². The molecule has 0 saturated heterocycles. The molecule has 2 N–H and O–H groups in total. The van der Waals surface area contributed by atoms with Crippen molar-refractivity contribution in [2.24, 2.45) is 0 Å². The number of anilines is 2. The molecule has 0 unspecified atom stereocenters. The summed E-state index contributed by atoms with van der Waals surface area (Å²) in [6.07, 6.45) is -0.858. The van der Waals surface area contributed by atoms with Gasteiger partial charge in [-0.3, -0.25) is 14.9 Å². The maximum Gasteiger partial charge on any atom is 0.412 e. The first-order chi connectivity index (χ1) is 13.0. The highest BCUT2D eigenvalue weighted by Gasteiger charge is 2.18. The predicted octanol–water partition coefficient (Wildman–Crippen LogP) is 5.49. The zero-order valence-electron chi connectivity index (χ0n) is 15.6. The Kier molecular flexibility index (Phi) is 7.15. The van der Waals surface area contributed by atoms with Crippen LogP contribution in [0.25, 0.3) is 0 Å². The first-order valence-electron chi connectivity index (χ1n) is 8.41. The molecule has 0 fully saturated rings. The predicted molar refractivity (Wildman–Crippen MR) is 108 cm³/mol. The van der Waals surface area contributed by atoms with Gasteiger partial charge >= 0.3 is 6.09 Å². The van der Waals surface area contributed by atoms with Crippen molar-refractivity contribution in [1.82, 2.24) is 0 Å². The fraction of sp³-hybridized carbons (Fsp3) is 0.316. The molecule has 0 atom stereocenters. The summed E-state index contributed by atoms with van der Waals surface area (Å²) in [5.41, 5.74) is -0.457. The van der Waals surface area contributed by atoms with Crippen LogP contribution in [-0.2, 0) is 9.53 Å². The fourth-order valence-electron chi connectivity index (χ4n) is 2.17. The summed E-state index contributed by atoms with van der Waals surface area (Å²) in [5, 5.41) is 4.98. The van der Waals surface area contributed by atoms with E-state index in [0.717, 1.165) is 23.5 Å². The summed E-state index contributed by atoms with van der Waals surface area (Å²) in [4.78, 5) is 36.6. The second kappa shape index (κ2) is 9.16. The van der Waals surface area contributed by atoms with E-state index in [1.807, 2.05) is 0 Å².